The van der Waals surface area contributed by atoms with E-state index in [1.165, 1.54) is 22.3 Å². The topological polar surface area (TPSA) is 66.2 Å². The maximum absolute atomic E-state index is 5.76. The highest BCUT2D eigenvalue weighted by Crippen LogP contribution is 2.52. The summed E-state index contributed by atoms with van der Waals surface area (Å²) in [6.45, 7) is 2.42. The highest BCUT2D eigenvalue weighted by molar-refractivity contribution is 5.56. The molecule has 146 valence electrons. The number of hydrogen-bond acceptors (Lipinski definition) is 6. The Hall–Kier alpha value is -2.44. The Bertz CT molecular complexity index is 873. The number of benzene rings is 2. The first-order valence-electron chi connectivity index (χ1n) is 10.1. The van der Waals surface area contributed by atoms with Gasteiger partial charge in [-0.15, -0.1) is 0 Å². The minimum atomic E-state index is 0.314. The van der Waals surface area contributed by atoms with Crippen LogP contribution in [0.3, 0.4) is 0 Å². The SMILES string of the molecule is NCCCCN1C2Cc3cc4c(cc3C1Cc1cc3c(cc12)OCO3)OCO4. The molecular weight excluding hydrogens is 356 g/mol. The molecule has 2 atom stereocenters. The molecule has 0 spiro atoms. The van der Waals surface area contributed by atoms with E-state index in [0.29, 0.717) is 25.7 Å². The van der Waals surface area contributed by atoms with E-state index in [1.54, 1.807) is 0 Å². The maximum atomic E-state index is 5.76. The maximum Gasteiger partial charge on any atom is 0.231 e. The summed E-state index contributed by atoms with van der Waals surface area (Å²) in [5, 5.41) is 0. The van der Waals surface area contributed by atoms with E-state index < -0.39 is 0 Å². The van der Waals surface area contributed by atoms with Crippen LogP contribution in [0.4, 0.5) is 0 Å². The Balaban J connectivity index is 1.44. The van der Waals surface area contributed by atoms with Crippen LogP contribution in [0.2, 0.25) is 0 Å². The molecule has 6 rings (SSSR count). The van der Waals surface area contributed by atoms with Crippen molar-refractivity contribution in [3.05, 3.63) is 46.5 Å². The third-order valence-corrected chi connectivity index (χ3v) is 6.48. The van der Waals surface area contributed by atoms with Gasteiger partial charge in [-0.05, 0) is 85.3 Å². The fourth-order valence-electron chi connectivity index (χ4n) is 5.17. The molecule has 0 radical (unpaired) electrons. The molecule has 2 unspecified atom stereocenters. The Morgan fingerprint density at radius 3 is 1.75 bits per heavy atom. The van der Waals surface area contributed by atoms with Crippen molar-refractivity contribution >= 4 is 0 Å². The van der Waals surface area contributed by atoms with E-state index in [9.17, 15) is 0 Å². The van der Waals surface area contributed by atoms with E-state index in [-0.39, 0.29) is 0 Å². The Kier molecular flexibility index (Phi) is 3.71. The highest BCUT2D eigenvalue weighted by atomic mass is 16.7. The van der Waals surface area contributed by atoms with Gasteiger partial charge in [0, 0.05) is 12.1 Å². The first kappa shape index (κ1) is 16.5. The van der Waals surface area contributed by atoms with Crippen LogP contribution in [0.5, 0.6) is 23.0 Å². The first-order valence-corrected chi connectivity index (χ1v) is 10.1. The molecule has 0 saturated carbocycles. The van der Waals surface area contributed by atoms with Gasteiger partial charge in [0.25, 0.3) is 0 Å². The molecule has 6 nitrogen and oxygen atoms in total. The van der Waals surface area contributed by atoms with Gasteiger partial charge in [0.05, 0.1) is 0 Å². The average molecular weight is 380 g/mol. The fourth-order valence-corrected chi connectivity index (χ4v) is 5.17. The van der Waals surface area contributed by atoms with E-state index in [1.807, 2.05) is 0 Å². The van der Waals surface area contributed by atoms with E-state index >= 15 is 0 Å². The van der Waals surface area contributed by atoms with Crippen LogP contribution in [0, 0.1) is 0 Å². The number of hydrogen-bond donors (Lipinski definition) is 1. The van der Waals surface area contributed by atoms with Gasteiger partial charge in [-0.2, -0.15) is 0 Å². The van der Waals surface area contributed by atoms with Crippen LogP contribution in [0.1, 0.15) is 47.2 Å². The zero-order valence-electron chi connectivity index (χ0n) is 15.8. The smallest absolute Gasteiger partial charge is 0.231 e. The molecule has 4 aliphatic heterocycles. The second kappa shape index (κ2) is 6.29. The fraction of sp³-hybridized carbons (Fsp3) is 0.455. The van der Waals surface area contributed by atoms with Gasteiger partial charge in [0.1, 0.15) is 0 Å². The Labute approximate surface area is 164 Å². The molecule has 2 aromatic rings. The summed E-state index contributed by atoms with van der Waals surface area (Å²) in [6.07, 6.45) is 4.11. The van der Waals surface area contributed by atoms with Crippen molar-refractivity contribution < 1.29 is 18.9 Å². The van der Waals surface area contributed by atoms with E-state index in [0.717, 1.165) is 61.8 Å². The molecule has 0 amide bonds. The van der Waals surface area contributed by atoms with Crippen molar-refractivity contribution in [1.29, 1.82) is 0 Å². The molecule has 2 aromatic carbocycles. The third kappa shape index (κ3) is 2.41. The third-order valence-electron chi connectivity index (χ3n) is 6.48. The van der Waals surface area contributed by atoms with Gasteiger partial charge in [-0.1, -0.05) is 0 Å². The summed E-state index contributed by atoms with van der Waals surface area (Å²) in [4.78, 5) is 2.66. The lowest BCUT2D eigenvalue weighted by Gasteiger charge is -2.48. The van der Waals surface area contributed by atoms with Crippen molar-refractivity contribution in [1.82, 2.24) is 4.90 Å². The molecule has 28 heavy (non-hydrogen) atoms. The number of nitrogens with zero attached hydrogens (tertiary/aromatic N) is 1. The Morgan fingerprint density at radius 1 is 0.750 bits per heavy atom. The van der Waals surface area contributed by atoms with Crippen LogP contribution in [-0.4, -0.2) is 31.6 Å². The largest absolute Gasteiger partial charge is 0.454 e. The zero-order chi connectivity index (χ0) is 18.7. The summed E-state index contributed by atoms with van der Waals surface area (Å²) >= 11 is 0. The van der Waals surface area contributed by atoms with Crippen LogP contribution in [0.25, 0.3) is 0 Å². The second-order valence-electron chi connectivity index (χ2n) is 7.98. The van der Waals surface area contributed by atoms with Crippen molar-refractivity contribution in [2.45, 2.75) is 37.8 Å². The molecule has 6 heteroatoms. The highest BCUT2D eigenvalue weighted by Gasteiger charge is 2.41. The normalized spacial score (nSPS) is 23.5. The zero-order valence-corrected chi connectivity index (χ0v) is 15.8. The molecule has 0 saturated heterocycles. The van der Waals surface area contributed by atoms with E-state index in [4.69, 9.17) is 24.7 Å². The van der Waals surface area contributed by atoms with Crippen molar-refractivity contribution in [2.75, 3.05) is 26.7 Å². The summed E-state index contributed by atoms with van der Waals surface area (Å²) in [7, 11) is 0. The number of rotatable bonds is 4. The minimum absolute atomic E-state index is 0.314. The van der Waals surface area contributed by atoms with Gasteiger partial charge in [0.15, 0.2) is 23.0 Å². The van der Waals surface area contributed by atoms with Crippen LogP contribution in [0.15, 0.2) is 24.3 Å². The standard InChI is InChI=1S/C22H24N2O4/c23-3-1-2-4-24-17-5-13-7-19-21(27-11-25-19)9-15(13)18(24)6-14-8-20-22(10-16(14)17)28-12-26-20/h7-10,17-18H,1-6,11-12,23H2. The van der Waals surface area contributed by atoms with Crippen LogP contribution >= 0.6 is 0 Å². The van der Waals surface area contributed by atoms with E-state index in [2.05, 4.69) is 29.2 Å². The van der Waals surface area contributed by atoms with Crippen LogP contribution < -0.4 is 24.7 Å². The average Bonchev–Trinajstić information content (AvgIpc) is 3.34. The monoisotopic (exact) mass is 380 g/mol. The number of unbranched alkanes of at least 4 members (excludes halogenated alkanes) is 1. The number of fused-ring (bicyclic) bond motifs is 8. The lowest BCUT2D eigenvalue weighted by atomic mass is 9.76. The molecule has 2 N–H and O–H groups in total. The van der Waals surface area contributed by atoms with Crippen LogP contribution in [-0.2, 0) is 12.8 Å². The molecule has 2 bridgehead atoms. The van der Waals surface area contributed by atoms with Gasteiger partial charge >= 0.3 is 0 Å². The van der Waals surface area contributed by atoms with Gasteiger partial charge < -0.3 is 24.7 Å². The first-order chi connectivity index (χ1) is 13.8. The molecule has 4 aliphatic rings. The molecule has 0 fully saturated rings. The number of nitrogens with two attached hydrogens (primary N) is 1. The minimum Gasteiger partial charge on any atom is -0.454 e. The van der Waals surface area contributed by atoms with Crippen molar-refractivity contribution in [3.63, 3.8) is 0 Å². The lowest BCUT2D eigenvalue weighted by Crippen LogP contribution is -2.43. The number of ether oxygens (including phenoxy) is 4. The predicted molar refractivity (Wildman–Crippen MR) is 103 cm³/mol. The molecule has 4 heterocycles. The second-order valence-corrected chi connectivity index (χ2v) is 7.98. The van der Waals surface area contributed by atoms with Crippen molar-refractivity contribution in [3.8, 4) is 23.0 Å². The lowest BCUT2D eigenvalue weighted by molar-refractivity contribution is 0.0990. The van der Waals surface area contributed by atoms with Crippen molar-refractivity contribution in [2.24, 2.45) is 5.73 Å². The molecule has 0 aliphatic carbocycles. The Morgan fingerprint density at radius 2 is 1.25 bits per heavy atom. The summed E-state index contributed by atoms with van der Waals surface area (Å²) in [5.74, 6) is 3.49. The predicted octanol–water partition coefficient (Wildman–Crippen LogP) is 3.08. The van der Waals surface area contributed by atoms with Gasteiger partial charge in [0.2, 0.25) is 13.6 Å². The molecule has 0 aromatic heterocycles. The summed E-state index contributed by atoms with van der Waals surface area (Å²) in [6, 6.07) is 9.46. The summed E-state index contributed by atoms with van der Waals surface area (Å²) in [5.41, 5.74) is 11.2. The van der Waals surface area contributed by atoms with Gasteiger partial charge in [-0.25, -0.2) is 0 Å². The van der Waals surface area contributed by atoms with Gasteiger partial charge in [-0.3, -0.25) is 4.90 Å². The summed E-state index contributed by atoms with van der Waals surface area (Å²) < 4.78 is 22.6. The molecular formula is C22H24N2O4. The quantitative estimate of drug-likeness (QED) is 0.823.